The fourth-order valence-electron chi connectivity index (χ4n) is 2.97. The van der Waals surface area contributed by atoms with E-state index in [-0.39, 0.29) is 5.79 Å². The molecule has 2 aliphatic rings. The molecule has 2 rings (SSSR count). The van der Waals surface area contributed by atoms with Crippen LogP contribution in [0, 0.1) is 5.41 Å². The van der Waals surface area contributed by atoms with E-state index in [1.54, 1.807) is 5.57 Å². The Morgan fingerprint density at radius 2 is 2.17 bits per heavy atom. The van der Waals surface area contributed by atoms with Gasteiger partial charge in [0.25, 0.3) is 0 Å². The second kappa shape index (κ2) is 5.34. The Morgan fingerprint density at radius 1 is 1.39 bits per heavy atom. The number of rotatable bonds is 4. The van der Waals surface area contributed by atoms with Crippen LogP contribution in [0.15, 0.2) is 11.6 Å². The highest BCUT2D eigenvalue weighted by molar-refractivity contribution is 5.17. The molecule has 0 aromatic heterocycles. The molecule has 0 aromatic carbocycles. The molecule has 2 unspecified atom stereocenters. The minimum atomic E-state index is -0.285. The van der Waals surface area contributed by atoms with Crippen molar-refractivity contribution in [1.29, 1.82) is 0 Å². The van der Waals surface area contributed by atoms with E-state index in [1.807, 2.05) is 0 Å². The van der Waals surface area contributed by atoms with Crippen LogP contribution in [0.4, 0.5) is 0 Å². The van der Waals surface area contributed by atoms with Gasteiger partial charge in [0, 0.05) is 12.8 Å². The summed E-state index contributed by atoms with van der Waals surface area (Å²) in [5.74, 6) is -0.285. The van der Waals surface area contributed by atoms with Crippen molar-refractivity contribution in [3.05, 3.63) is 11.6 Å². The summed E-state index contributed by atoms with van der Waals surface area (Å²) in [5.41, 5.74) is 1.92. The molecule has 104 valence electrons. The summed E-state index contributed by atoms with van der Waals surface area (Å²) in [6.45, 7) is 9.94. The lowest BCUT2D eigenvalue weighted by molar-refractivity contribution is -0.173. The molecule has 0 amide bonds. The zero-order valence-electron chi connectivity index (χ0n) is 12.4. The highest BCUT2D eigenvalue weighted by atomic mass is 16.7. The largest absolute Gasteiger partial charge is 0.347 e. The van der Waals surface area contributed by atoms with Gasteiger partial charge in [-0.3, -0.25) is 0 Å². The molecule has 1 aliphatic carbocycles. The molecule has 0 saturated carbocycles. The van der Waals surface area contributed by atoms with Gasteiger partial charge in [-0.2, -0.15) is 0 Å². The van der Waals surface area contributed by atoms with Gasteiger partial charge in [-0.1, -0.05) is 45.8 Å². The molecule has 1 saturated heterocycles. The Bertz CT molecular complexity index is 319. The first kappa shape index (κ1) is 14.1. The van der Waals surface area contributed by atoms with Crippen LogP contribution in [0.3, 0.4) is 0 Å². The van der Waals surface area contributed by atoms with Gasteiger partial charge in [0.05, 0.1) is 12.7 Å². The maximum absolute atomic E-state index is 6.16. The zero-order valence-corrected chi connectivity index (χ0v) is 12.4. The number of ether oxygens (including phenoxy) is 2. The second-order valence-corrected chi connectivity index (χ2v) is 6.42. The summed E-state index contributed by atoms with van der Waals surface area (Å²) in [6, 6.07) is 0. The van der Waals surface area contributed by atoms with Crippen LogP contribution in [0.25, 0.3) is 0 Å². The van der Waals surface area contributed by atoms with E-state index in [9.17, 15) is 0 Å². The lowest BCUT2D eigenvalue weighted by Gasteiger charge is -2.36. The van der Waals surface area contributed by atoms with Crippen molar-refractivity contribution in [3.63, 3.8) is 0 Å². The summed E-state index contributed by atoms with van der Waals surface area (Å²) in [7, 11) is 0. The van der Waals surface area contributed by atoms with Crippen molar-refractivity contribution in [2.24, 2.45) is 5.41 Å². The molecule has 1 aliphatic heterocycles. The van der Waals surface area contributed by atoms with Crippen molar-refractivity contribution in [2.45, 2.75) is 78.1 Å². The van der Waals surface area contributed by atoms with E-state index in [4.69, 9.17) is 9.47 Å². The molecule has 1 spiro atoms. The molecule has 0 aromatic rings. The van der Waals surface area contributed by atoms with Crippen molar-refractivity contribution in [1.82, 2.24) is 0 Å². The normalized spacial score (nSPS) is 32.9. The third-order valence-electron chi connectivity index (χ3n) is 4.71. The molecule has 2 atom stereocenters. The van der Waals surface area contributed by atoms with Gasteiger partial charge in [0.2, 0.25) is 0 Å². The van der Waals surface area contributed by atoms with Crippen molar-refractivity contribution < 1.29 is 9.47 Å². The van der Waals surface area contributed by atoms with Crippen LogP contribution in [0.5, 0.6) is 0 Å². The summed E-state index contributed by atoms with van der Waals surface area (Å²) < 4.78 is 12.1. The van der Waals surface area contributed by atoms with E-state index in [0.717, 1.165) is 32.3 Å². The first-order valence-electron chi connectivity index (χ1n) is 7.52. The quantitative estimate of drug-likeness (QED) is 0.688. The van der Waals surface area contributed by atoms with Crippen LogP contribution in [-0.2, 0) is 9.47 Å². The topological polar surface area (TPSA) is 18.5 Å². The Balaban J connectivity index is 1.98. The first-order valence-corrected chi connectivity index (χ1v) is 7.52. The van der Waals surface area contributed by atoms with Gasteiger partial charge in [-0.05, 0) is 24.7 Å². The minimum absolute atomic E-state index is 0.285. The monoisotopic (exact) mass is 252 g/mol. The maximum Gasteiger partial charge on any atom is 0.172 e. The summed E-state index contributed by atoms with van der Waals surface area (Å²) >= 11 is 0. The Hall–Kier alpha value is -0.340. The van der Waals surface area contributed by atoms with Crippen LogP contribution in [0.1, 0.15) is 66.2 Å². The molecule has 18 heavy (non-hydrogen) atoms. The fraction of sp³-hybridized carbons (Fsp3) is 0.875. The molecule has 1 heterocycles. The average Bonchev–Trinajstić information content (AvgIpc) is 2.73. The predicted octanol–water partition coefficient (Wildman–Crippen LogP) is 4.44. The third kappa shape index (κ3) is 2.80. The Morgan fingerprint density at radius 3 is 2.72 bits per heavy atom. The van der Waals surface area contributed by atoms with Crippen LogP contribution >= 0.6 is 0 Å². The molecule has 0 bridgehead atoms. The third-order valence-corrected chi connectivity index (χ3v) is 4.71. The van der Waals surface area contributed by atoms with E-state index in [0.29, 0.717) is 11.5 Å². The number of hydrogen-bond acceptors (Lipinski definition) is 2. The molecule has 1 fully saturated rings. The van der Waals surface area contributed by atoms with Crippen LogP contribution < -0.4 is 0 Å². The number of allylic oxidation sites excluding steroid dienone is 1. The SMILES string of the molecule is CCCC1COC2(CC=C(C(C)(C)CC)CC2)O1. The van der Waals surface area contributed by atoms with Crippen LogP contribution in [0.2, 0.25) is 0 Å². The average molecular weight is 252 g/mol. The predicted molar refractivity (Wildman–Crippen MR) is 74.5 cm³/mol. The molecule has 2 nitrogen and oxygen atoms in total. The van der Waals surface area contributed by atoms with Gasteiger partial charge >= 0.3 is 0 Å². The Labute approximate surface area is 112 Å². The Kier molecular flexibility index (Phi) is 4.18. The van der Waals surface area contributed by atoms with Crippen molar-refractivity contribution >= 4 is 0 Å². The van der Waals surface area contributed by atoms with Gasteiger partial charge in [-0.25, -0.2) is 0 Å². The van der Waals surface area contributed by atoms with Gasteiger partial charge < -0.3 is 9.47 Å². The minimum Gasteiger partial charge on any atom is -0.347 e. The van der Waals surface area contributed by atoms with E-state index in [2.05, 4.69) is 33.8 Å². The lowest BCUT2D eigenvalue weighted by atomic mass is 9.75. The summed E-state index contributed by atoms with van der Waals surface area (Å²) in [6.07, 6.45) is 9.29. The van der Waals surface area contributed by atoms with Gasteiger partial charge in [-0.15, -0.1) is 0 Å². The van der Waals surface area contributed by atoms with E-state index >= 15 is 0 Å². The molecule has 0 radical (unpaired) electrons. The smallest absolute Gasteiger partial charge is 0.172 e. The first-order chi connectivity index (χ1) is 8.51. The molecule has 0 N–H and O–H groups in total. The van der Waals surface area contributed by atoms with E-state index in [1.165, 1.54) is 12.8 Å². The molecular weight excluding hydrogens is 224 g/mol. The standard InChI is InChI=1S/C16H28O2/c1-5-7-14-12-17-16(18-14)10-8-13(9-11-16)15(3,4)6-2/h8,14H,5-7,9-12H2,1-4H3. The summed E-state index contributed by atoms with van der Waals surface area (Å²) in [4.78, 5) is 0. The van der Waals surface area contributed by atoms with Gasteiger partial charge in [0.1, 0.15) is 0 Å². The van der Waals surface area contributed by atoms with Crippen molar-refractivity contribution in [2.75, 3.05) is 6.61 Å². The maximum atomic E-state index is 6.16. The van der Waals surface area contributed by atoms with Crippen LogP contribution in [-0.4, -0.2) is 18.5 Å². The zero-order chi connectivity index (χ0) is 13.2. The highest BCUT2D eigenvalue weighted by Crippen LogP contribution is 2.43. The highest BCUT2D eigenvalue weighted by Gasteiger charge is 2.43. The van der Waals surface area contributed by atoms with Crippen molar-refractivity contribution in [3.8, 4) is 0 Å². The lowest BCUT2D eigenvalue weighted by Crippen LogP contribution is -2.34. The second-order valence-electron chi connectivity index (χ2n) is 6.42. The number of hydrogen-bond donors (Lipinski definition) is 0. The van der Waals surface area contributed by atoms with Gasteiger partial charge in [0.15, 0.2) is 5.79 Å². The van der Waals surface area contributed by atoms with E-state index < -0.39 is 0 Å². The molecular formula is C16H28O2. The fourth-order valence-corrected chi connectivity index (χ4v) is 2.97. The summed E-state index contributed by atoms with van der Waals surface area (Å²) in [5, 5.41) is 0. The molecule has 2 heteroatoms.